The number of nitrogens with one attached hydrogen (secondary N) is 2. The fourth-order valence-electron chi connectivity index (χ4n) is 1.85. The Bertz CT molecular complexity index is 775. The summed E-state index contributed by atoms with van der Waals surface area (Å²) in [5.41, 5.74) is 0.811. The van der Waals surface area contributed by atoms with Crippen molar-refractivity contribution in [2.24, 2.45) is 0 Å². The van der Waals surface area contributed by atoms with Crippen molar-refractivity contribution in [1.82, 2.24) is 5.32 Å². The van der Waals surface area contributed by atoms with Crippen LogP contribution in [0.3, 0.4) is 0 Å². The molecule has 7 nitrogen and oxygen atoms in total. The molecule has 0 bridgehead atoms. The molecule has 2 aromatic rings. The van der Waals surface area contributed by atoms with E-state index in [1.807, 2.05) is 6.92 Å². The second-order valence-electron chi connectivity index (χ2n) is 4.92. The maximum atomic E-state index is 11.8. The molecular weight excluding hydrogens is 312 g/mol. The maximum Gasteiger partial charge on any atom is 0.322 e. The lowest BCUT2D eigenvalue weighted by Gasteiger charge is -2.05. The molecule has 0 spiro atoms. The number of aryl methyl sites for hydroxylation is 1. The average Bonchev–Trinajstić information content (AvgIpc) is 2.97. The standard InChI is InChI=1S/C17H16N2O5/c1-11-2-7-14(24-11)8-9-15(20)19-13-5-3-12(4-6-13)17(23)18-10-16(21)22/h2-9H,10H2,1H3,(H,18,23)(H,19,20)(H,21,22)/b9-8+. The van der Waals surface area contributed by atoms with Gasteiger partial charge in [0, 0.05) is 17.3 Å². The first-order valence-corrected chi connectivity index (χ1v) is 7.09. The van der Waals surface area contributed by atoms with Crippen LogP contribution < -0.4 is 10.6 Å². The van der Waals surface area contributed by atoms with Crippen LogP contribution in [0.25, 0.3) is 6.08 Å². The molecule has 124 valence electrons. The van der Waals surface area contributed by atoms with E-state index in [0.29, 0.717) is 17.0 Å². The van der Waals surface area contributed by atoms with Crippen LogP contribution in [-0.4, -0.2) is 29.4 Å². The van der Waals surface area contributed by atoms with Gasteiger partial charge >= 0.3 is 5.97 Å². The fraction of sp³-hybridized carbons (Fsp3) is 0.118. The quantitative estimate of drug-likeness (QED) is 0.703. The number of anilines is 1. The van der Waals surface area contributed by atoms with E-state index in [4.69, 9.17) is 9.52 Å². The monoisotopic (exact) mass is 328 g/mol. The molecule has 0 fully saturated rings. The molecule has 0 saturated carbocycles. The number of aliphatic carboxylic acids is 1. The minimum atomic E-state index is -1.12. The number of amides is 2. The number of furan rings is 1. The van der Waals surface area contributed by atoms with Gasteiger partial charge in [0.15, 0.2) is 0 Å². The molecule has 0 unspecified atom stereocenters. The Kier molecular flexibility index (Phi) is 5.51. The number of carboxylic acids is 1. The summed E-state index contributed by atoms with van der Waals surface area (Å²) >= 11 is 0. The molecule has 0 saturated heterocycles. The van der Waals surface area contributed by atoms with Gasteiger partial charge in [-0.3, -0.25) is 14.4 Å². The topological polar surface area (TPSA) is 109 Å². The highest BCUT2D eigenvalue weighted by Gasteiger charge is 2.07. The van der Waals surface area contributed by atoms with Crippen molar-refractivity contribution in [2.45, 2.75) is 6.92 Å². The molecule has 3 N–H and O–H groups in total. The van der Waals surface area contributed by atoms with Crippen LogP contribution in [0, 0.1) is 6.92 Å². The Morgan fingerprint density at radius 3 is 2.42 bits per heavy atom. The molecule has 1 aromatic carbocycles. The number of hydrogen-bond acceptors (Lipinski definition) is 4. The first kappa shape index (κ1) is 17.0. The minimum Gasteiger partial charge on any atom is -0.480 e. The van der Waals surface area contributed by atoms with Crippen LogP contribution in [0.5, 0.6) is 0 Å². The van der Waals surface area contributed by atoms with E-state index in [-0.39, 0.29) is 5.91 Å². The van der Waals surface area contributed by atoms with Gasteiger partial charge in [-0.1, -0.05) is 0 Å². The molecule has 0 radical (unpaired) electrons. The van der Waals surface area contributed by atoms with Gasteiger partial charge in [-0.2, -0.15) is 0 Å². The van der Waals surface area contributed by atoms with Crippen molar-refractivity contribution >= 4 is 29.5 Å². The summed E-state index contributed by atoms with van der Waals surface area (Å²) in [7, 11) is 0. The molecule has 0 aliphatic rings. The van der Waals surface area contributed by atoms with Crippen LogP contribution in [0.2, 0.25) is 0 Å². The third-order valence-corrected chi connectivity index (χ3v) is 2.97. The number of hydrogen-bond donors (Lipinski definition) is 3. The van der Waals surface area contributed by atoms with Crippen molar-refractivity contribution in [1.29, 1.82) is 0 Å². The van der Waals surface area contributed by atoms with E-state index >= 15 is 0 Å². The third kappa shape index (κ3) is 5.13. The van der Waals surface area contributed by atoms with E-state index in [2.05, 4.69) is 10.6 Å². The molecule has 1 heterocycles. The van der Waals surface area contributed by atoms with Crippen molar-refractivity contribution in [3.63, 3.8) is 0 Å². The Balaban J connectivity index is 1.91. The van der Waals surface area contributed by atoms with E-state index in [1.54, 1.807) is 30.3 Å². The van der Waals surface area contributed by atoms with Crippen molar-refractivity contribution in [3.05, 3.63) is 59.6 Å². The molecule has 1 aromatic heterocycles. The minimum absolute atomic E-state index is 0.302. The van der Waals surface area contributed by atoms with Crippen LogP contribution >= 0.6 is 0 Å². The number of benzene rings is 1. The number of carbonyl (C=O) groups excluding carboxylic acids is 2. The predicted molar refractivity (Wildman–Crippen MR) is 87.5 cm³/mol. The Labute approximate surface area is 138 Å². The number of carbonyl (C=O) groups is 3. The Morgan fingerprint density at radius 1 is 1.12 bits per heavy atom. The SMILES string of the molecule is Cc1ccc(/C=C/C(=O)Nc2ccc(C(=O)NCC(=O)O)cc2)o1. The zero-order valence-electron chi connectivity index (χ0n) is 12.9. The lowest BCUT2D eigenvalue weighted by molar-refractivity contribution is -0.135. The Morgan fingerprint density at radius 2 is 1.83 bits per heavy atom. The zero-order valence-corrected chi connectivity index (χ0v) is 12.9. The van der Waals surface area contributed by atoms with Crippen LogP contribution in [0.1, 0.15) is 21.9 Å². The van der Waals surface area contributed by atoms with Crippen LogP contribution in [-0.2, 0) is 9.59 Å². The van der Waals surface area contributed by atoms with Gasteiger partial charge in [0.2, 0.25) is 5.91 Å². The fourth-order valence-corrected chi connectivity index (χ4v) is 1.85. The smallest absolute Gasteiger partial charge is 0.322 e. The molecule has 0 aliphatic heterocycles. The van der Waals surface area contributed by atoms with Crippen LogP contribution in [0.4, 0.5) is 5.69 Å². The van der Waals surface area contributed by atoms with Crippen LogP contribution in [0.15, 0.2) is 46.9 Å². The summed E-state index contributed by atoms with van der Waals surface area (Å²) in [5.74, 6) is -0.624. The molecule has 0 aliphatic carbocycles. The summed E-state index contributed by atoms with van der Waals surface area (Å²) in [4.78, 5) is 33.9. The highest BCUT2D eigenvalue weighted by molar-refractivity contribution is 6.02. The first-order chi connectivity index (χ1) is 11.4. The molecule has 24 heavy (non-hydrogen) atoms. The second-order valence-corrected chi connectivity index (χ2v) is 4.92. The summed E-state index contributed by atoms with van der Waals surface area (Å²) in [6, 6.07) is 9.64. The number of rotatable bonds is 6. The van der Waals surface area contributed by atoms with Gasteiger partial charge in [0.1, 0.15) is 18.1 Å². The lowest BCUT2D eigenvalue weighted by atomic mass is 10.2. The van der Waals surface area contributed by atoms with Gasteiger partial charge in [0.25, 0.3) is 5.91 Å². The number of carboxylic acid groups (broad SMARTS) is 1. The summed E-state index contributed by atoms with van der Waals surface area (Å²) in [5, 5.41) is 13.4. The average molecular weight is 328 g/mol. The molecule has 2 amide bonds. The predicted octanol–water partition coefficient (Wildman–Crippen LogP) is 2.05. The Hall–Kier alpha value is -3.35. The zero-order chi connectivity index (χ0) is 17.5. The molecular formula is C17H16N2O5. The summed E-state index contributed by atoms with van der Waals surface area (Å²) < 4.78 is 5.31. The molecule has 2 rings (SSSR count). The van der Waals surface area contributed by atoms with E-state index in [1.165, 1.54) is 18.2 Å². The molecule has 7 heteroatoms. The van der Waals surface area contributed by atoms with E-state index in [9.17, 15) is 14.4 Å². The van der Waals surface area contributed by atoms with Crippen molar-refractivity contribution < 1.29 is 23.9 Å². The van der Waals surface area contributed by atoms with E-state index < -0.39 is 18.4 Å². The van der Waals surface area contributed by atoms with Crippen molar-refractivity contribution in [2.75, 3.05) is 11.9 Å². The van der Waals surface area contributed by atoms with Crippen molar-refractivity contribution in [3.8, 4) is 0 Å². The highest BCUT2D eigenvalue weighted by atomic mass is 16.4. The summed E-state index contributed by atoms with van der Waals surface area (Å²) in [6.45, 7) is 1.36. The van der Waals surface area contributed by atoms with E-state index in [0.717, 1.165) is 5.76 Å². The maximum absolute atomic E-state index is 11.8. The highest BCUT2D eigenvalue weighted by Crippen LogP contribution is 2.11. The lowest BCUT2D eigenvalue weighted by Crippen LogP contribution is -2.29. The van der Waals surface area contributed by atoms with Gasteiger partial charge in [-0.15, -0.1) is 0 Å². The largest absolute Gasteiger partial charge is 0.480 e. The summed E-state index contributed by atoms with van der Waals surface area (Å²) in [6.07, 6.45) is 2.89. The first-order valence-electron chi connectivity index (χ1n) is 7.09. The second kappa shape index (κ2) is 7.77. The van der Waals surface area contributed by atoms with Gasteiger partial charge < -0.3 is 20.2 Å². The third-order valence-electron chi connectivity index (χ3n) is 2.97. The molecule has 0 atom stereocenters. The van der Waals surface area contributed by atoms with Gasteiger partial charge in [-0.25, -0.2) is 0 Å². The van der Waals surface area contributed by atoms with Gasteiger partial charge in [0.05, 0.1) is 0 Å². The van der Waals surface area contributed by atoms with Gasteiger partial charge in [-0.05, 0) is 49.4 Å². The normalized spacial score (nSPS) is 10.5.